The average Bonchev–Trinajstić information content (AvgIpc) is 3.53. The summed E-state index contributed by atoms with van der Waals surface area (Å²) in [6.07, 6.45) is 3.89. The van der Waals surface area contributed by atoms with Crippen molar-refractivity contribution in [3.63, 3.8) is 0 Å². The summed E-state index contributed by atoms with van der Waals surface area (Å²) >= 11 is 7.90. The van der Waals surface area contributed by atoms with E-state index < -0.39 is 12.0 Å². The predicted octanol–water partition coefficient (Wildman–Crippen LogP) is 5.63. The number of nitrogens with zero attached hydrogens (tertiary/aromatic N) is 3. The molecule has 0 fully saturated rings. The second kappa shape index (κ2) is 12.7. The Morgan fingerprint density at radius 2 is 1.64 bits per heavy atom. The van der Waals surface area contributed by atoms with Crippen molar-refractivity contribution in [2.75, 3.05) is 13.2 Å². The molecule has 5 aromatic rings. The molecule has 6 rings (SSSR count). The highest BCUT2D eigenvalue weighted by Gasteiger charge is 2.34. The number of esters is 2. The number of carbonyl (C=O) groups is 2. The molecule has 2 aromatic heterocycles. The van der Waals surface area contributed by atoms with Crippen molar-refractivity contribution < 1.29 is 19.1 Å². The van der Waals surface area contributed by atoms with Gasteiger partial charge in [-0.3, -0.25) is 9.36 Å². The second-order valence-electron chi connectivity index (χ2n) is 10.5. The maximum atomic E-state index is 14.1. The first-order valence-corrected chi connectivity index (χ1v) is 15.8. The van der Waals surface area contributed by atoms with E-state index in [1.54, 1.807) is 49.6 Å². The molecule has 10 heteroatoms. The van der Waals surface area contributed by atoms with Crippen molar-refractivity contribution in [2.45, 2.75) is 33.4 Å². The van der Waals surface area contributed by atoms with Gasteiger partial charge in [-0.25, -0.2) is 14.6 Å². The molecule has 0 spiro atoms. The van der Waals surface area contributed by atoms with Gasteiger partial charge in [0.1, 0.15) is 6.04 Å². The lowest BCUT2D eigenvalue weighted by Crippen LogP contribution is -2.40. The lowest BCUT2D eigenvalue weighted by atomic mass is 9.96. The lowest BCUT2D eigenvalue weighted by molar-refractivity contribution is -0.139. The second-order valence-corrected chi connectivity index (χ2v) is 11.9. The monoisotopic (exact) mass is 639 g/mol. The molecule has 1 atom stereocenters. The van der Waals surface area contributed by atoms with E-state index in [-0.39, 0.29) is 23.7 Å². The topological polar surface area (TPSA) is 91.9 Å². The summed E-state index contributed by atoms with van der Waals surface area (Å²) in [7, 11) is 0. The third kappa shape index (κ3) is 5.77. The van der Waals surface area contributed by atoms with Crippen LogP contribution in [0.4, 0.5) is 0 Å². The molecule has 0 bridgehead atoms. The molecule has 45 heavy (non-hydrogen) atoms. The van der Waals surface area contributed by atoms with Crippen molar-refractivity contribution in [3.8, 4) is 0 Å². The SMILES string of the molecule is CCOC(=O)C1=C(C)N=c2s/c(=C\c3cn(Cc4ccc(C(=O)OCC)cc4)c4ccccc34)c(=O)n2[C@H]1c1ccccc1Cl. The van der Waals surface area contributed by atoms with Crippen molar-refractivity contribution in [3.05, 3.63) is 137 Å². The van der Waals surface area contributed by atoms with Gasteiger partial charge in [0.2, 0.25) is 0 Å². The van der Waals surface area contributed by atoms with Crippen LogP contribution in [0.15, 0.2) is 100 Å². The van der Waals surface area contributed by atoms with Crippen molar-refractivity contribution in [2.24, 2.45) is 4.99 Å². The molecule has 0 unspecified atom stereocenters. The molecular formula is C35H30ClN3O5S. The van der Waals surface area contributed by atoms with Crippen LogP contribution >= 0.6 is 22.9 Å². The minimum absolute atomic E-state index is 0.189. The lowest BCUT2D eigenvalue weighted by Gasteiger charge is -2.25. The highest BCUT2D eigenvalue weighted by molar-refractivity contribution is 7.07. The van der Waals surface area contributed by atoms with Crippen molar-refractivity contribution in [1.29, 1.82) is 0 Å². The molecule has 0 saturated carbocycles. The number of benzene rings is 3. The first-order chi connectivity index (χ1) is 21.8. The zero-order chi connectivity index (χ0) is 31.7. The number of carbonyl (C=O) groups excluding carboxylic acids is 2. The zero-order valence-electron chi connectivity index (χ0n) is 25.0. The molecule has 0 saturated heterocycles. The van der Waals surface area contributed by atoms with Crippen LogP contribution in [0.5, 0.6) is 0 Å². The number of halogens is 1. The Bertz CT molecular complexity index is 2160. The van der Waals surface area contributed by atoms with Crippen LogP contribution in [0.1, 0.15) is 53.9 Å². The fourth-order valence-electron chi connectivity index (χ4n) is 5.60. The Labute approximate surface area is 268 Å². The number of thiazole rings is 1. The molecule has 1 aliphatic rings. The first kappa shape index (κ1) is 30.3. The van der Waals surface area contributed by atoms with E-state index in [0.717, 1.165) is 22.0 Å². The van der Waals surface area contributed by atoms with Gasteiger partial charge in [0.15, 0.2) is 4.80 Å². The van der Waals surface area contributed by atoms with Crippen LogP contribution < -0.4 is 14.9 Å². The number of aromatic nitrogens is 2. The van der Waals surface area contributed by atoms with Gasteiger partial charge >= 0.3 is 11.9 Å². The van der Waals surface area contributed by atoms with Gasteiger partial charge in [-0.05, 0) is 62.2 Å². The van der Waals surface area contributed by atoms with Crippen LogP contribution in [-0.4, -0.2) is 34.3 Å². The van der Waals surface area contributed by atoms with Gasteiger partial charge in [0.25, 0.3) is 5.56 Å². The number of para-hydroxylation sites is 1. The number of fused-ring (bicyclic) bond motifs is 2. The maximum Gasteiger partial charge on any atom is 0.338 e. The standard InChI is InChI=1S/C35H30ClN3O5S/c1-4-43-33(41)23-16-14-22(15-17-23)19-38-20-24(25-10-7-9-13-28(25)38)18-29-32(40)39-31(26-11-6-8-12-27(26)36)30(34(42)44-5-2)21(3)37-35(39)45-29/h6-18,20,31H,4-5,19H2,1-3H3/b29-18-/t31-/m0/s1. The van der Waals surface area contributed by atoms with Gasteiger partial charge in [-0.15, -0.1) is 0 Å². The van der Waals surface area contributed by atoms with Gasteiger partial charge < -0.3 is 14.0 Å². The third-order valence-electron chi connectivity index (χ3n) is 7.64. The molecule has 0 radical (unpaired) electrons. The Hall–Kier alpha value is -4.73. The highest BCUT2D eigenvalue weighted by atomic mass is 35.5. The fourth-order valence-corrected chi connectivity index (χ4v) is 6.88. The summed E-state index contributed by atoms with van der Waals surface area (Å²) in [6.45, 7) is 6.34. The Balaban J connectivity index is 1.45. The molecule has 0 amide bonds. The summed E-state index contributed by atoms with van der Waals surface area (Å²) < 4.78 is 14.6. The molecule has 0 N–H and O–H groups in total. The minimum atomic E-state index is -0.782. The molecular weight excluding hydrogens is 610 g/mol. The van der Waals surface area contributed by atoms with Crippen LogP contribution in [0.2, 0.25) is 5.02 Å². The number of hydrogen-bond acceptors (Lipinski definition) is 7. The molecule has 3 heterocycles. The highest BCUT2D eigenvalue weighted by Crippen LogP contribution is 2.34. The van der Waals surface area contributed by atoms with E-state index in [1.807, 2.05) is 60.8 Å². The summed E-state index contributed by atoms with van der Waals surface area (Å²) in [5.41, 5.74) is 4.50. The maximum absolute atomic E-state index is 14.1. The Morgan fingerprint density at radius 3 is 2.38 bits per heavy atom. The van der Waals surface area contributed by atoms with E-state index in [9.17, 15) is 14.4 Å². The first-order valence-electron chi connectivity index (χ1n) is 14.6. The minimum Gasteiger partial charge on any atom is -0.463 e. The molecule has 0 aliphatic carbocycles. The average molecular weight is 640 g/mol. The van der Waals surface area contributed by atoms with Gasteiger partial charge in [-0.1, -0.05) is 71.5 Å². The Morgan fingerprint density at radius 1 is 0.956 bits per heavy atom. The summed E-state index contributed by atoms with van der Waals surface area (Å²) in [6, 6.07) is 21.8. The summed E-state index contributed by atoms with van der Waals surface area (Å²) in [5.74, 6) is -0.878. The summed E-state index contributed by atoms with van der Waals surface area (Å²) in [4.78, 5) is 44.5. The van der Waals surface area contributed by atoms with E-state index in [2.05, 4.69) is 9.56 Å². The van der Waals surface area contributed by atoms with Crippen LogP contribution in [0.25, 0.3) is 17.0 Å². The number of rotatable bonds is 8. The van der Waals surface area contributed by atoms with E-state index >= 15 is 0 Å². The molecule has 1 aliphatic heterocycles. The fraction of sp³-hybridized carbons (Fsp3) is 0.200. The number of allylic oxidation sites excluding steroid dienone is 1. The van der Waals surface area contributed by atoms with Crippen LogP contribution in [0.3, 0.4) is 0 Å². The Kier molecular flexibility index (Phi) is 8.56. The van der Waals surface area contributed by atoms with E-state index in [1.165, 1.54) is 11.3 Å². The van der Waals surface area contributed by atoms with Crippen LogP contribution in [-0.2, 0) is 20.8 Å². The zero-order valence-corrected chi connectivity index (χ0v) is 26.5. The van der Waals surface area contributed by atoms with Crippen LogP contribution in [0, 0.1) is 0 Å². The van der Waals surface area contributed by atoms with E-state index in [0.29, 0.717) is 44.3 Å². The summed E-state index contributed by atoms with van der Waals surface area (Å²) in [5, 5.41) is 1.42. The predicted molar refractivity (Wildman–Crippen MR) is 175 cm³/mol. The van der Waals surface area contributed by atoms with Gasteiger partial charge in [0, 0.05) is 34.2 Å². The number of ether oxygens (including phenoxy) is 2. The normalized spacial score (nSPS) is 14.8. The molecule has 8 nitrogen and oxygen atoms in total. The van der Waals surface area contributed by atoms with Crippen molar-refractivity contribution >= 4 is 51.9 Å². The quantitative estimate of drug-likeness (QED) is 0.205. The van der Waals surface area contributed by atoms with E-state index in [4.69, 9.17) is 21.1 Å². The van der Waals surface area contributed by atoms with Gasteiger partial charge in [0.05, 0.1) is 34.6 Å². The number of hydrogen-bond donors (Lipinski definition) is 0. The molecule has 3 aromatic carbocycles. The van der Waals surface area contributed by atoms with Gasteiger partial charge in [-0.2, -0.15) is 0 Å². The third-order valence-corrected chi connectivity index (χ3v) is 8.97. The largest absolute Gasteiger partial charge is 0.463 e. The molecule has 228 valence electrons. The smallest absolute Gasteiger partial charge is 0.338 e. The van der Waals surface area contributed by atoms with Crippen molar-refractivity contribution in [1.82, 2.24) is 9.13 Å².